The van der Waals surface area contributed by atoms with Gasteiger partial charge < -0.3 is 15.7 Å². The van der Waals surface area contributed by atoms with Gasteiger partial charge in [0.1, 0.15) is 6.04 Å². The highest BCUT2D eigenvalue weighted by molar-refractivity contribution is 7.09. The van der Waals surface area contributed by atoms with E-state index in [1.54, 1.807) is 12.1 Å². The predicted octanol–water partition coefficient (Wildman–Crippen LogP) is 2.09. The van der Waals surface area contributed by atoms with Crippen molar-refractivity contribution in [3.63, 3.8) is 0 Å². The van der Waals surface area contributed by atoms with Crippen LogP contribution in [0.2, 0.25) is 0 Å². The number of carboxylic acids is 1. The molecule has 0 spiro atoms. The second kappa shape index (κ2) is 8.39. The van der Waals surface area contributed by atoms with Gasteiger partial charge in [0, 0.05) is 16.6 Å². The minimum Gasteiger partial charge on any atom is -0.480 e. The van der Waals surface area contributed by atoms with E-state index >= 15 is 0 Å². The Morgan fingerprint density at radius 1 is 1.24 bits per heavy atom. The molecule has 1 unspecified atom stereocenters. The molecule has 132 valence electrons. The lowest BCUT2D eigenvalue weighted by molar-refractivity contribution is -0.138. The van der Waals surface area contributed by atoms with Crippen molar-refractivity contribution in [2.75, 3.05) is 5.32 Å². The van der Waals surface area contributed by atoms with Crippen molar-refractivity contribution < 1.29 is 19.5 Å². The van der Waals surface area contributed by atoms with Gasteiger partial charge in [0.15, 0.2) is 0 Å². The molecule has 1 aromatic carbocycles. The fraction of sp³-hybridized carbons (Fsp3) is 0.294. The molecule has 2 aromatic rings. The minimum atomic E-state index is -1.11. The number of benzene rings is 1. The van der Waals surface area contributed by atoms with Crippen molar-refractivity contribution >= 4 is 34.8 Å². The average Bonchev–Trinajstić information content (AvgIpc) is 3.02. The number of rotatable bonds is 7. The van der Waals surface area contributed by atoms with E-state index in [1.165, 1.54) is 30.4 Å². The summed E-state index contributed by atoms with van der Waals surface area (Å²) in [7, 11) is 0. The van der Waals surface area contributed by atoms with Gasteiger partial charge in [-0.15, -0.1) is 11.3 Å². The molecule has 2 rings (SSSR count). The number of nitrogens with zero attached hydrogens (tertiary/aromatic N) is 1. The smallest absolute Gasteiger partial charge is 0.325 e. The van der Waals surface area contributed by atoms with E-state index in [9.17, 15) is 14.4 Å². The number of carboxylic acid groups (broad SMARTS) is 1. The first-order valence-electron chi connectivity index (χ1n) is 7.76. The number of thiazole rings is 1. The number of amides is 2. The van der Waals surface area contributed by atoms with Crippen molar-refractivity contribution in [3.05, 3.63) is 45.9 Å². The van der Waals surface area contributed by atoms with Gasteiger partial charge in [0.25, 0.3) is 5.91 Å². The van der Waals surface area contributed by atoms with Gasteiger partial charge in [-0.3, -0.25) is 14.4 Å². The molecule has 7 nitrogen and oxygen atoms in total. The van der Waals surface area contributed by atoms with Crippen LogP contribution >= 0.6 is 11.3 Å². The molecule has 0 fully saturated rings. The Balaban J connectivity index is 1.92. The molecule has 1 atom stereocenters. The number of carbonyl (C=O) groups excluding carboxylic acids is 2. The van der Waals surface area contributed by atoms with Gasteiger partial charge in [0.2, 0.25) is 5.91 Å². The second-order valence-corrected chi connectivity index (χ2v) is 6.36. The summed E-state index contributed by atoms with van der Waals surface area (Å²) in [6, 6.07) is 5.26. The van der Waals surface area contributed by atoms with E-state index in [1.807, 2.05) is 12.3 Å². The molecule has 0 aliphatic carbocycles. The Hall–Kier alpha value is -2.74. The highest BCUT2D eigenvalue weighted by Gasteiger charge is 2.15. The fourth-order valence-electron chi connectivity index (χ4n) is 2.01. The van der Waals surface area contributed by atoms with E-state index in [0.717, 1.165) is 17.1 Å². The van der Waals surface area contributed by atoms with Gasteiger partial charge in [-0.25, -0.2) is 4.98 Å². The molecule has 3 N–H and O–H groups in total. The van der Waals surface area contributed by atoms with Crippen LogP contribution < -0.4 is 10.6 Å². The molecule has 0 aliphatic heterocycles. The SMILES string of the molecule is CCc1nc(CC(=O)Nc2ccc(C(=O)NC(C)C(=O)O)cc2)cs1. The zero-order valence-electron chi connectivity index (χ0n) is 13.9. The summed E-state index contributed by atoms with van der Waals surface area (Å²) in [6.07, 6.45) is 1.03. The standard InChI is InChI=1S/C17H19N3O4S/c1-3-15-20-13(9-25-15)8-14(21)19-12-6-4-11(5-7-12)16(22)18-10(2)17(23)24/h4-7,9-10H,3,8H2,1-2H3,(H,18,22)(H,19,21)(H,23,24). The number of hydrogen-bond acceptors (Lipinski definition) is 5. The monoisotopic (exact) mass is 361 g/mol. The van der Waals surface area contributed by atoms with Crippen molar-refractivity contribution in [2.45, 2.75) is 32.7 Å². The third kappa shape index (κ3) is 5.39. The molecular formula is C17H19N3O4S. The average molecular weight is 361 g/mol. The lowest BCUT2D eigenvalue weighted by Gasteiger charge is -2.10. The first-order chi connectivity index (χ1) is 11.9. The molecule has 0 aliphatic rings. The Morgan fingerprint density at radius 2 is 1.92 bits per heavy atom. The largest absolute Gasteiger partial charge is 0.480 e. The molecule has 0 bridgehead atoms. The van der Waals surface area contributed by atoms with E-state index in [0.29, 0.717) is 11.3 Å². The number of aryl methyl sites for hydroxylation is 1. The van der Waals surface area contributed by atoms with Crippen molar-refractivity contribution in [1.82, 2.24) is 10.3 Å². The highest BCUT2D eigenvalue weighted by Crippen LogP contribution is 2.13. The molecule has 1 aromatic heterocycles. The van der Waals surface area contributed by atoms with Crippen LogP contribution in [-0.4, -0.2) is 33.9 Å². The number of hydrogen-bond donors (Lipinski definition) is 3. The zero-order chi connectivity index (χ0) is 18.4. The molecule has 0 radical (unpaired) electrons. The lowest BCUT2D eigenvalue weighted by Crippen LogP contribution is -2.38. The van der Waals surface area contributed by atoms with Gasteiger partial charge in [-0.2, -0.15) is 0 Å². The van der Waals surface area contributed by atoms with Gasteiger partial charge >= 0.3 is 5.97 Å². The summed E-state index contributed by atoms with van der Waals surface area (Å²) in [5.74, 6) is -1.78. The quantitative estimate of drug-likeness (QED) is 0.700. The maximum atomic E-state index is 12.0. The van der Waals surface area contributed by atoms with Crippen LogP contribution in [0.25, 0.3) is 0 Å². The molecule has 2 amide bonds. The van der Waals surface area contributed by atoms with Crippen molar-refractivity contribution in [2.24, 2.45) is 0 Å². The van der Waals surface area contributed by atoms with E-state index in [2.05, 4.69) is 15.6 Å². The normalized spacial score (nSPS) is 11.6. The number of aromatic nitrogens is 1. The van der Waals surface area contributed by atoms with E-state index in [4.69, 9.17) is 5.11 Å². The Kier molecular flexibility index (Phi) is 6.24. The molecule has 0 saturated carbocycles. The Labute approximate surface area is 149 Å². The predicted molar refractivity (Wildman–Crippen MR) is 94.8 cm³/mol. The second-order valence-electron chi connectivity index (χ2n) is 5.42. The number of aliphatic carboxylic acids is 1. The highest BCUT2D eigenvalue weighted by atomic mass is 32.1. The van der Waals surface area contributed by atoms with Gasteiger partial charge in [-0.05, 0) is 37.6 Å². The van der Waals surface area contributed by atoms with E-state index < -0.39 is 17.9 Å². The summed E-state index contributed by atoms with van der Waals surface area (Å²) in [5, 5.41) is 16.8. The summed E-state index contributed by atoms with van der Waals surface area (Å²) in [6.45, 7) is 3.40. The summed E-state index contributed by atoms with van der Waals surface area (Å²) < 4.78 is 0. The molecular weight excluding hydrogens is 342 g/mol. The maximum absolute atomic E-state index is 12.0. The Bertz CT molecular complexity index is 770. The van der Waals surface area contributed by atoms with Crippen LogP contribution in [0, 0.1) is 0 Å². The number of anilines is 1. The molecule has 1 heterocycles. The summed E-state index contributed by atoms with van der Waals surface area (Å²) >= 11 is 1.53. The van der Waals surface area contributed by atoms with Crippen LogP contribution in [0.4, 0.5) is 5.69 Å². The van der Waals surface area contributed by atoms with Crippen LogP contribution in [-0.2, 0) is 22.4 Å². The van der Waals surface area contributed by atoms with Crippen LogP contribution in [0.15, 0.2) is 29.6 Å². The minimum absolute atomic E-state index is 0.189. The van der Waals surface area contributed by atoms with Crippen LogP contribution in [0.1, 0.15) is 34.9 Å². The molecule has 0 saturated heterocycles. The van der Waals surface area contributed by atoms with Gasteiger partial charge in [-0.1, -0.05) is 6.92 Å². The first kappa shape index (κ1) is 18.6. The third-order valence-corrected chi connectivity index (χ3v) is 4.43. The van der Waals surface area contributed by atoms with E-state index in [-0.39, 0.29) is 12.3 Å². The summed E-state index contributed by atoms with van der Waals surface area (Å²) in [4.78, 5) is 39.0. The van der Waals surface area contributed by atoms with Gasteiger partial charge in [0.05, 0.1) is 17.1 Å². The Morgan fingerprint density at radius 3 is 2.48 bits per heavy atom. The lowest BCUT2D eigenvalue weighted by atomic mass is 10.1. The topological polar surface area (TPSA) is 108 Å². The molecule has 8 heteroatoms. The zero-order valence-corrected chi connectivity index (χ0v) is 14.7. The molecule has 25 heavy (non-hydrogen) atoms. The summed E-state index contributed by atoms with van der Waals surface area (Å²) in [5.41, 5.74) is 1.61. The van der Waals surface area contributed by atoms with Crippen LogP contribution in [0.3, 0.4) is 0 Å². The fourth-order valence-corrected chi connectivity index (χ4v) is 2.75. The van der Waals surface area contributed by atoms with Crippen molar-refractivity contribution in [3.8, 4) is 0 Å². The van der Waals surface area contributed by atoms with Crippen LogP contribution in [0.5, 0.6) is 0 Å². The third-order valence-electron chi connectivity index (χ3n) is 3.39. The first-order valence-corrected chi connectivity index (χ1v) is 8.64. The number of carbonyl (C=O) groups is 3. The number of nitrogens with one attached hydrogen (secondary N) is 2. The van der Waals surface area contributed by atoms with Crippen molar-refractivity contribution in [1.29, 1.82) is 0 Å². The maximum Gasteiger partial charge on any atom is 0.325 e.